The summed E-state index contributed by atoms with van der Waals surface area (Å²) in [4.78, 5) is 68.4. The lowest BCUT2D eigenvalue weighted by atomic mass is 10.1. The largest absolute Gasteiger partial charge is 0.436 e. The van der Waals surface area contributed by atoms with Crippen molar-refractivity contribution >= 4 is 57.6 Å². The van der Waals surface area contributed by atoms with Crippen molar-refractivity contribution in [2.45, 2.75) is 72.9 Å². The Morgan fingerprint density at radius 1 is 0.698 bits per heavy atom. The molecule has 0 unspecified atom stereocenters. The highest BCUT2D eigenvalue weighted by molar-refractivity contribution is 6.04. The third-order valence-corrected chi connectivity index (χ3v) is 9.72. The zero-order chi connectivity index (χ0) is 37.6. The van der Waals surface area contributed by atoms with Crippen LogP contribution in [0.1, 0.15) is 98.1 Å². The summed E-state index contributed by atoms with van der Waals surface area (Å²) in [5, 5.41) is 5.80. The maximum absolute atomic E-state index is 13.3. The number of hydrogen-bond donors (Lipinski definition) is 4. The Hall–Kier alpha value is -6.32. The van der Waals surface area contributed by atoms with E-state index in [0.29, 0.717) is 95.0 Å². The maximum Gasteiger partial charge on any atom is 0.295 e. The van der Waals surface area contributed by atoms with E-state index in [1.165, 1.54) is 0 Å². The Bertz CT molecular complexity index is 2250. The fourth-order valence-corrected chi connectivity index (χ4v) is 6.91. The fraction of sp³-hybridized carbons (Fsp3) is 0.351. The van der Waals surface area contributed by atoms with Gasteiger partial charge in [-0.05, 0) is 80.3 Å². The van der Waals surface area contributed by atoms with Gasteiger partial charge in [0.2, 0.25) is 35.2 Å². The van der Waals surface area contributed by atoms with Gasteiger partial charge in [0.05, 0.1) is 33.5 Å². The molecule has 1 aliphatic rings. The summed E-state index contributed by atoms with van der Waals surface area (Å²) in [6, 6.07) is 10.1. The average Bonchev–Trinajstić information content (AvgIpc) is 3.40. The molecule has 1 fully saturated rings. The van der Waals surface area contributed by atoms with Gasteiger partial charge in [-0.3, -0.25) is 29.8 Å². The number of aryl methyl sites for hydroxylation is 6. The first-order valence-electron chi connectivity index (χ1n) is 17.6. The number of nitrogens with one attached hydrogen (secondary N) is 2. The van der Waals surface area contributed by atoms with Crippen LogP contribution >= 0.6 is 0 Å². The molecule has 1 saturated carbocycles. The molecule has 0 spiro atoms. The quantitative estimate of drug-likeness (QED) is 0.119. The molecule has 4 amide bonds. The van der Waals surface area contributed by atoms with Crippen molar-refractivity contribution < 1.29 is 28.0 Å². The highest BCUT2D eigenvalue weighted by atomic mass is 16.4. The third kappa shape index (κ3) is 6.99. The molecule has 0 aliphatic heterocycles. The number of aromatic nitrogens is 6. The number of fused-ring (bicyclic) bond motifs is 2. The topological polar surface area (TPSA) is 232 Å². The summed E-state index contributed by atoms with van der Waals surface area (Å²) in [5.74, 6) is 0.455. The Labute approximate surface area is 303 Å². The van der Waals surface area contributed by atoms with Gasteiger partial charge >= 0.3 is 0 Å². The van der Waals surface area contributed by atoms with E-state index < -0.39 is 23.6 Å². The van der Waals surface area contributed by atoms with E-state index >= 15 is 0 Å². The first-order chi connectivity index (χ1) is 25.4. The van der Waals surface area contributed by atoms with E-state index in [1.807, 2.05) is 23.0 Å². The number of hydrogen-bond acceptors (Lipinski definition) is 10. The molecule has 0 bridgehead atoms. The van der Waals surface area contributed by atoms with Gasteiger partial charge in [-0.25, -0.2) is 19.9 Å². The molecule has 274 valence electrons. The molecule has 16 heteroatoms. The lowest BCUT2D eigenvalue weighted by molar-refractivity contribution is 0.0985. The lowest BCUT2D eigenvalue weighted by Crippen LogP contribution is -2.17. The normalized spacial score (nSPS) is 15.2. The van der Waals surface area contributed by atoms with Crippen LogP contribution in [0.3, 0.4) is 0 Å². The number of imidazole rings is 2. The molecule has 2 aromatic carbocycles. The monoisotopic (exact) mass is 720 g/mol. The summed E-state index contributed by atoms with van der Waals surface area (Å²) in [7, 11) is 0. The van der Waals surface area contributed by atoms with Crippen molar-refractivity contribution in [2.75, 3.05) is 10.6 Å². The predicted molar refractivity (Wildman–Crippen MR) is 194 cm³/mol. The summed E-state index contributed by atoms with van der Waals surface area (Å²) >= 11 is 0. The van der Waals surface area contributed by atoms with Crippen molar-refractivity contribution in [3.8, 4) is 0 Å². The third-order valence-electron chi connectivity index (χ3n) is 9.72. The second kappa shape index (κ2) is 14.0. The van der Waals surface area contributed by atoms with Crippen LogP contribution in [0, 0.1) is 25.7 Å². The van der Waals surface area contributed by atoms with Crippen molar-refractivity contribution in [3.05, 3.63) is 82.2 Å². The molecule has 2 atom stereocenters. The van der Waals surface area contributed by atoms with Crippen molar-refractivity contribution in [1.29, 1.82) is 0 Å². The van der Waals surface area contributed by atoms with Gasteiger partial charge in [0.1, 0.15) is 0 Å². The number of primary amides is 2. The van der Waals surface area contributed by atoms with Gasteiger partial charge in [0, 0.05) is 38.1 Å². The number of benzene rings is 2. The number of nitrogens with zero attached hydrogens (tertiary/aromatic N) is 6. The minimum absolute atomic E-state index is 0.138. The Morgan fingerprint density at radius 3 is 1.49 bits per heavy atom. The smallest absolute Gasteiger partial charge is 0.295 e. The van der Waals surface area contributed by atoms with Crippen LogP contribution in [-0.4, -0.2) is 52.7 Å². The summed E-state index contributed by atoms with van der Waals surface area (Å²) in [6.07, 6.45) is 3.66. The summed E-state index contributed by atoms with van der Waals surface area (Å²) < 4.78 is 15.1. The molecule has 4 aromatic heterocycles. The van der Waals surface area contributed by atoms with E-state index in [0.717, 1.165) is 30.3 Å². The summed E-state index contributed by atoms with van der Waals surface area (Å²) in [5.41, 5.74) is 15.4. The van der Waals surface area contributed by atoms with Crippen molar-refractivity contribution in [3.63, 3.8) is 0 Å². The molecule has 0 radical (unpaired) electrons. The van der Waals surface area contributed by atoms with Crippen LogP contribution < -0.4 is 22.1 Å². The van der Waals surface area contributed by atoms with Crippen molar-refractivity contribution in [1.82, 2.24) is 29.1 Å². The van der Waals surface area contributed by atoms with Gasteiger partial charge in [-0.2, -0.15) is 0 Å². The fourth-order valence-electron chi connectivity index (χ4n) is 6.91. The molecule has 1 aliphatic carbocycles. The SMILES string of the molecule is CCc1nc(C)oc1C(=O)Nc1nc2cc(C(N)=O)ccc2n1CC[C@H]1C[C@@H]1CCn1c(NC(=O)c2oc(C)nc2CC)nc2cc(C(N)=O)ccc21. The Morgan fingerprint density at radius 2 is 1.11 bits per heavy atom. The molecule has 6 aromatic rings. The van der Waals surface area contributed by atoms with E-state index in [-0.39, 0.29) is 11.5 Å². The minimum atomic E-state index is -0.571. The number of oxazole rings is 2. The van der Waals surface area contributed by atoms with E-state index in [2.05, 4.69) is 30.6 Å². The summed E-state index contributed by atoms with van der Waals surface area (Å²) in [6.45, 7) is 8.29. The van der Waals surface area contributed by atoms with Crippen LogP contribution in [0.25, 0.3) is 22.1 Å². The number of rotatable bonds is 14. The van der Waals surface area contributed by atoms with E-state index in [4.69, 9.17) is 20.3 Å². The predicted octanol–water partition coefficient (Wildman–Crippen LogP) is 4.92. The van der Waals surface area contributed by atoms with Gasteiger partial charge in [0.25, 0.3) is 11.8 Å². The zero-order valence-electron chi connectivity index (χ0n) is 29.9. The molecule has 0 saturated heterocycles. The van der Waals surface area contributed by atoms with Crippen LogP contribution in [0.4, 0.5) is 11.9 Å². The van der Waals surface area contributed by atoms with E-state index in [9.17, 15) is 19.2 Å². The number of nitrogens with two attached hydrogens (primary N) is 2. The molecular formula is C37H40N10O6. The van der Waals surface area contributed by atoms with E-state index in [1.54, 1.807) is 50.2 Å². The number of amides is 4. The molecular weight excluding hydrogens is 680 g/mol. The molecule has 53 heavy (non-hydrogen) atoms. The second-order valence-corrected chi connectivity index (χ2v) is 13.3. The standard InChI is InChI=1S/C37H40N10O6/c1-5-24-30(52-18(3)40-24)34(50)44-36-42-26-16-22(32(38)48)7-9-28(26)46(36)13-11-20-15-21(20)12-14-47-29-10-8-23(33(39)49)17-27(29)43-37(47)45-35(51)31-25(6-2)41-19(4)53-31/h7-10,16-17,20-21H,5-6,11-15H2,1-4H3,(H2,38,48)(H2,39,49)(H,42,44,50)(H,43,45,51)/t20-,21-/m0/s1. The number of carbonyl (C=O) groups excluding carboxylic acids is 4. The number of carbonyl (C=O) groups is 4. The molecule has 16 nitrogen and oxygen atoms in total. The van der Waals surface area contributed by atoms with Gasteiger partial charge < -0.3 is 29.4 Å². The Balaban J connectivity index is 1.08. The first-order valence-corrected chi connectivity index (χ1v) is 17.6. The zero-order valence-corrected chi connectivity index (χ0v) is 29.9. The Kier molecular flexibility index (Phi) is 9.28. The van der Waals surface area contributed by atoms with Crippen LogP contribution in [-0.2, 0) is 25.9 Å². The first kappa shape index (κ1) is 35.1. The van der Waals surface area contributed by atoms with Crippen molar-refractivity contribution in [2.24, 2.45) is 23.3 Å². The maximum atomic E-state index is 13.3. The molecule has 6 N–H and O–H groups in total. The average molecular weight is 721 g/mol. The number of anilines is 2. The highest BCUT2D eigenvalue weighted by Crippen LogP contribution is 2.45. The highest BCUT2D eigenvalue weighted by Gasteiger charge is 2.37. The molecule has 7 rings (SSSR count). The second-order valence-electron chi connectivity index (χ2n) is 13.3. The minimum Gasteiger partial charge on any atom is -0.436 e. The lowest BCUT2D eigenvalue weighted by Gasteiger charge is -2.11. The van der Waals surface area contributed by atoms with Crippen LogP contribution in [0.5, 0.6) is 0 Å². The van der Waals surface area contributed by atoms with Gasteiger partial charge in [-0.1, -0.05) is 13.8 Å². The van der Waals surface area contributed by atoms with Gasteiger partial charge in [0.15, 0.2) is 11.8 Å². The van der Waals surface area contributed by atoms with Crippen LogP contribution in [0.2, 0.25) is 0 Å². The van der Waals surface area contributed by atoms with Crippen LogP contribution in [0.15, 0.2) is 45.2 Å². The molecule has 4 heterocycles. The van der Waals surface area contributed by atoms with Gasteiger partial charge in [-0.15, -0.1) is 0 Å².